The van der Waals surface area contributed by atoms with Crippen molar-refractivity contribution in [3.8, 4) is 6.07 Å². The minimum absolute atomic E-state index is 0.373. The highest BCUT2D eigenvalue weighted by molar-refractivity contribution is 5.29. The molecule has 1 heterocycles. The van der Waals surface area contributed by atoms with Crippen LogP contribution in [0.25, 0.3) is 0 Å². The van der Waals surface area contributed by atoms with Gasteiger partial charge in [0.15, 0.2) is 0 Å². The summed E-state index contributed by atoms with van der Waals surface area (Å²) in [5.74, 6) is 0.491. The van der Waals surface area contributed by atoms with E-state index in [1.54, 1.807) is 12.3 Å². The topological polar surface area (TPSA) is 70.8 Å². The van der Waals surface area contributed by atoms with E-state index in [2.05, 4.69) is 15.3 Å². The largest absolute Gasteiger partial charge is 0.382 e. The van der Waals surface area contributed by atoms with Crippen LogP contribution in [0.1, 0.15) is 19.0 Å². The minimum Gasteiger partial charge on any atom is -0.382 e. The molecule has 0 aliphatic carbocycles. The van der Waals surface area contributed by atoms with Gasteiger partial charge in [0.25, 0.3) is 0 Å². The van der Waals surface area contributed by atoms with Gasteiger partial charge in [0.1, 0.15) is 11.8 Å². The third kappa shape index (κ3) is 4.38. The molecule has 15 heavy (non-hydrogen) atoms. The summed E-state index contributed by atoms with van der Waals surface area (Å²) in [6.45, 7) is 4.17. The standard InChI is InChI=1S/C10H14N4O/c1-2-15-7-3-5-12-10-13-6-4-9(8-11)14-10/h4,6H,2-3,5,7H2,1H3,(H,12,13,14). The van der Waals surface area contributed by atoms with Crippen molar-refractivity contribution in [2.45, 2.75) is 13.3 Å². The molecule has 0 saturated heterocycles. The zero-order valence-electron chi connectivity index (χ0n) is 8.73. The quantitative estimate of drug-likeness (QED) is 0.708. The van der Waals surface area contributed by atoms with E-state index in [4.69, 9.17) is 10.00 Å². The molecule has 0 aliphatic rings. The normalized spacial score (nSPS) is 9.60. The van der Waals surface area contributed by atoms with E-state index in [0.29, 0.717) is 11.6 Å². The summed E-state index contributed by atoms with van der Waals surface area (Å²) >= 11 is 0. The third-order valence-corrected chi connectivity index (χ3v) is 1.72. The van der Waals surface area contributed by atoms with Crippen molar-refractivity contribution in [3.05, 3.63) is 18.0 Å². The first kappa shape index (κ1) is 11.4. The molecule has 1 N–H and O–H groups in total. The summed E-state index contributed by atoms with van der Waals surface area (Å²) in [6.07, 6.45) is 2.46. The van der Waals surface area contributed by atoms with Crippen LogP contribution in [0.15, 0.2) is 12.3 Å². The molecule has 0 unspecified atom stereocenters. The summed E-state index contributed by atoms with van der Waals surface area (Å²) in [6, 6.07) is 3.54. The van der Waals surface area contributed by atoms with Gasteiger partial charge in [0.05, 0.1) is 0 Å². The van der Waals surface area contributed by atoms with Crippen molar-refractivity contribution in [3.63, 3.8) is 0 Å². The number of nitriles is 1. The Morgan fingerprint density at radius 1 is 1.60 bits per heavy atom. The van der Waals surface area contributed by atoms with Gasteiger partial charge < -0.3 is 10.1 Å². The second-order valence-electron chi connectivity index (χ2n) is 2.85. The summed E-state index contributed by atoms with van der Waals surface area (Å²) in [4.78, 5) is 7.98. The molecule has 0 spiro atoms. The Hall–Kier alpha value is -1.67. The van der Waals surface area contributed by atoms with Crippen LogP contribution in [0, 0.1) is 11.3 Å². The number of hydrogen-bond donors (Lipinski definition) is 1. The van der Waals surface area contributed by atoms with Crippen LogP contribution < -0.4 is 5.32 Å². The Kier molecular flexibility index (Phi) is 5.12. The number of ether oxygens (including phenoxy) is 1. The van der Waals surface area contributed by atoms with Gasteiger partial charge in [-0.05, 0) is 19.4 Å². The predicted octanol–water partition coefficient (Wildman–Crippen LogP) is 1.19. The highest BCUT2D eigenvalue weighted by atomic mass is 16.5. The van der Waals surface area contributed by atoms with Crippen molar-refractivity contribution in [2.24, 2.45) is 0 Å². The average Bonchev–Trinajstić information content (AvgIpc) is 2.29. The van der Waals surface area contributed by atoms with E-state index in [1.165, 1.54) is 0 Å². The average molecular weight is 206 g/mol. The fraction of sp³-hybridized carbons (Fsp3) is 0.500. The van der Waals surface area contributed by atoms with Crippen molar-refractivity contribution in [1.29, 1.82) is 5.26 Å². The maximum absolute atomic E-state index is 8.62. The summed E-state index contributed by atoms with van der Waals surface area (Å²) < 4.78 is 5.18. The van der Waals surface area contributed by atoms with E-state index in [9.17, 15) is 0 Å². The zero-order chi connectivity index (χ0) is 10.9. The lowest BCUT2D eigenvalue weighted by Gasteiger charge is -2.04. The summed E-state index contributed by atoms with van der Waals surface area (Å²) in [5.41, 5.74) is 0.373. The van der Waals surface area contributed by atoms with Crippen LogP contribution in [0.4, 0.5) is 5.95 Å². The first-order valence-corrected chi connectivity index (χ1v) is 4.91. The first-order chi connectivity index (χ1) is 7.36. The molecule has 0 saturated carbocycles. The van der Waals surface area contributed by atoms with Crippen molar-refractivity contribution < 1.29 is 4.74 Å². The summed E-state index contributed by atoms with van der Waals surface area (Å²) in [7, 11) is 0. The van der Waals surface area contributed by atoms with Gasteiger partial charge in [-0.3, -0.25) is 0 Å². The molecule has 5 nitrogen and oxygen atoms in total. The Labute approximate surface area is 89.1 Å². The monoisotopic (exact) mass is 206 g/mol. The Morgan fingerprint density at radius 2 is 2.47 bits per heavy atom. The minimum atomic E-state index is 0.373. The smallest absolute Gasteiger partial charge is 0.223 e. The number of hydrogen-bond acceptors (Lipinski definition) is 5. The third-order valence-electron chi connectivity index (χ3n) is 1.72. The molecule has 5 heteroatoms. The first-order valence-electron chi connectivity index (χ1n) is 4.91. The predicted molar refractivity (Wildman–Crippen MR) is 56.3 cm³/mol. The number of anilines is 1. The zero-order valence-corrected chi connectivity index (χ0v) is 8.73. The van der Waals surface area contributed by atoms with Gasteiger partial charge in [-0.1, -0.05) is 0 Å². The Balaban J connectivity index is 2.28. The number of nitrogens with one attached hydrogen (secondary N) is 1. The van der Waals surface area contributed by atoms with E-state index < -0.39 is 0 Å². The molecule has 80 valence electrons. The molecule has 0 fully saturated rings. The van der Waals surface area contributed by atoms with Gasteiger partial charge >= 0.3 is 0 Å². The van der Waals surface area contributed by atoms with Crippen LogP contribution in [0.3, 0.4) is 0 Å². The number of rotatable bonds is 6. The summed E-state index contributed by atoms with van der Waals surface area (Å²) in [5, 5.41) is 11.6. The molecule has 0 radical (unpaired) electrons. The Bertz CT molecular complexity index is 334. The van der Waals surface area contributed by atoms with Gasteiger partial charge in [-0.25, -0.2) is 9.97 Å². The molecule has 0 bridgehead atoms. The number of aromatic nitrogens is 2. The molecule has 0 atom stereocenters. The molecular formula is C10H14N4O. The van der Waals surface area contributed by atoms with Crippen molar-refractivity contribution in [1.82, 2.24) is 9.97 Å². The van der Waals surface area contributed by atoms with Crippen LogP contribution in [-0.4, -0.2) is 29.7 Å². The van der Waals surface area contributed by atoms with Crippen LogP contribution in [0.2, 0.25) is 0 Å². The lowest BCUT2D eigenvalue weighted by atomic mass is 10.4. The lowest BCUT2D eigenvalue weighted by molar-refractivity contribution is 0.147. The maximum atomic E-state index is 8.62. The van der Waals surface area contributed by atoms with E-state index >= 15 is 0 Å². The molecule has 1 aromatic heterocycles. The van der Waals surface area contributed by atoms with Crippen LogP contribution >= 0.6 is 0 Å². The van der Waals surface area contributed by atoms with Gasteiger partial charge in [0, 0.05) is 26.0 Å². The maximum Gasteiger partial charge on any atom is 0.223 e. The molecule has 0 aromatic carbocycles. The fourth-order valence-electron chi connectivity index (χ4n) is 1.02. The molecule has 1 rings (SSSR count). The van der Waals surface area contributed by atoms with Crippen LogP contribution in [0.5, 0.6) is 0 Å². The van der Waals surface area contributed by atoms with Crippen molar-refractivity contribution in [2.75, 3.05) is 25.1 Å². The second kappa shape index (κ2) is 6.74. The molecule has 1 aromatic rings. The number of nitrogens with zero attached hydrogens (tertiary/aromatic N) is 3. The highest BCUT2D eigenvalue weighted by Gasteiger charge is 1.96. The van der Waals surface area contributed by atoms with E-state index in [1.807, 2.05) is 13.0 Å². The van der Waals surface area contributed by atoms with Gasteiger partial charge in [-0.15, -0.1) is 0 Å². The molecule has 0 amide bonds. The fourth-order valence-corrected chi connectivity index (χ4v) is 1.02. The Morgan fingerprint density at radius 3 is 3.20 bits per heavy atom. The SMILES string of the molecule is CCOCCCNc1nccc(C#N)n1. The van der Waals surface area contributed by atoms with Crippen molar-refractivity contribution >= 4 is 5.95 Å². The highest BCUT2D eigenvalue weighted by Crippen LogP contribution is 1.98. The van der Waals surface area contributed by atoms with E-state index in [0.717, 1.165) is 26.2 Å². The van der Waals surface area contributed by atoms with Gasteiger partial charge in [0.2, 0.25) is 5.95 Å². The molecule has 0 aliphatic heterocycles. The van der Waals surface area contributed by atoms with Crippen LogP contribution in [-0.2, 0) is 4.74 Å². The van der Waals surface area contributed by atoms with Gasteiger partial charge in [-0.2, -0.15) is 5.26 Å². The molecular weight excluding hydrogens is 192 g/mol. The second-order valence-corrected chi connectivity index (χ2v) is 2.85. The lowest BCUT2D eigenvalue weighted by Crippen LogP contribution is -2.08. The van der Waals surface area contributed by atoms with E-state index in [-0.39, 0.29) is 0 Å².